The third-order valence-electron chi connectivity index (χ3n) is 2.68. The molecule has 6 heteroatoms. The maximum atomic E-state index is 12.3. The molecule has 0 amide bonds. The Hall–Kier alpha value is -1.17. The normalized spacial score (nSPS) is 11.2. The molecule has 0 aromatic carbocycles. The standard InChI is InChI=1S/C12H9ClN2OS2/c1-7-5-17-11-10(7)14-6-15(12(11)16)4-8-2-3-9(13)18-8/h2-3,5-6H,4H2,1H3. The highest BCUT2D eigenvalue weighted by atomic mass is 35.5. The van der Waals surface area contributed by atoms with E-state index in [-0.39, 0.29) is 5.56 Å². The Bertz CT molecular complexity index is 772. The first-order valence-corrected chi connectivity index (χ1v) is 7.40. The Morgan fingerprint density at radius 3 is 3.00 bits per heavy atom. The number of halogens is 1. The molecule has 0 bridgehead atoms. The minimum atomic E-state index is 0.0163. The van der Waals surface area contributed by atoms with Crippen LogP contribution in [0.25, 0.3) is 10.2 Å². The Kier molecular flexibility index (Phi) is 2.97. The van der Waals surface area contributed by atoms with Crippen LogP contribution in [0, 0.1) is 6.92 Å². The van der Waals surface area contributed by atoms with Crippen molar-refractivity contribution in [2.75, 3.05) is 0 Å². The maximum Gasteiger partial charge on any atom is 0.271 e. The fourth-order valence-corrected chi connectivity index (χ4v) is 3.81. The van der Waals surface area contributed by atoms with Crippen LogP contribution in [-0.4, -0.2) is 9.55 Å². The summed E-state index contributed by atoms with van der Waals surface area (Å²) in [4.78, 5) is 17.7. The molecule has 3 nitrogen and oxygen atoms in total. The average Bonchev–Trinajstić information content (AvgIpc) is 2.91. The van der Waals surface area contributed by atoms with Gasteiger partial charge in [0.25, 0.3) is 5.56 Å². The third-order valence-corrected chi connectivity index (χ3v) is 4.97. The minimum Gasteiger partial charge on any atom is -0.293 e. The number of aryl methyl sites for hydroxylation is 1. The summed E-state index contributed by atoms with van der Waals surface area (Å²) < 4.78 is 3.08. The monoisotopic (exact) mass is 296 g/mol. The van der Waals surface area contributed by atoms with Gasteiger partial charge in [-0.3, -0.25) is 9.36 Å². The van der Waals surface area contributed by atoms with Gasteiger partial charge in [-0.2, -0.15) is 0 Å². The quantitative estimate of drug-likeness (QED) is 0.725. The summed E-state index contributed by atoms with van der Waals surface area (Å²) in [5.41, 5.74) is 1.88. The lowest BCUT2D eigenvalue weighted by Crippen LogP contribution is -2.19. The number of rotatable bonds is 2. The van der Waals surface area contributed by atoms with Gasteiger partial charge in [-0.25, -0.2) is 4.98 Å². The van der Waals surface area contributed by atoms with Gasteiger partial charge < -0.3 is 0 Å². The summed E-state index contributed by atoms with van der Waals surface area (Å²) in [7, 11) is 0. The van der Waals surface area contributed by atoms with E-state index >= 15 is 0 Å². The van der Waals surface area contributed by atoms with Crippen LogP contribution in [0.2, 0.25) is 4.34 Å². The zero-order chi connectivity index (χ0) is 12.7. The summed E-state index contributed by atoms with van der Waals surface area (Å²) in [6.07, 6.45) is 1.61. The van der Waals surface area contributed by atoms with Gasteiger partial charge in [-0.1, -0.05) is 11.6 Å². The molecule has 0 aliphatic carbocycles. The Labute approximate surface area is 116 Å². The van der Waals surface area contributed by atoms with Crippen molar-refractivity contribution in [3.05, 3.63) is 49.0 Å². The first kappa shape index (κ1) is 11.9. The number of fused-ring (bicyclic) bond motifs is 1. The Balaban J connectivity index is 2.07. The average molecular weight is 297 g/mol. The fraction of sp³-hybridized carbons (Fsp3) is 0.167. The van der Waals surface area contributed by atoms with Crippen molar-refractivity contribution in [2.24, 2.45) is 0 Å². The highest BCUT2D eigenvalue weighted by Crippen LogP contribution is 2.23. The molecule has 3 rings (SSSR count). The molecule has 92 valence electrons. The molecule has 0 spiro atoms. The van der Waals surface area contributed by atoms with Gasteiger partial charge in [0.1, 0.15) is 4.70 Å². The summed E-state index contributed by atoms with van der Waals surface area (Å²) in [5.74, 6) is 0. The first-order chi connectivity index (χ1) is 8.65. The lowest BCUT2D eigenvalue weighted by molar-refractivity contribution is 0.759. The molecule has 3 heterocycles. The van der Waals surface area contributed by atoms with E-state index in [9.17, 15) is 4.79 Å². The summed E-state index contributed by atoms with van der Waals surface area (Å²) in [6.45, 7) is 2.49. The molecular formula is C12H9ClN2OS2. The molecule has 0 unspecified atom stereocenters. The van der Waals surface area contributed by atoms with E-state index in [1.165, 1.54) is 22.7 Å². The van der Waals surface area contributed by atoms with Crippen LogP contribution in [0.1, 0.15) is 10.4 Å². The molecule has 0 saturated heterocycles. The van der Waals surface area contributed by atoms with Crippen LogP contribution in [0.3, 0.4) is 0 Å². The van der Waals surface area contributed by atoms with E-state index < -0.39 is 0 Å². The molecule has 0 N–H and O–H groups in total. The van der Waals surface area contributed by atoms with Crippen molar-refractivity contribution < 1.29 is 0 Å². The van der Waals surface area contributed by atoms with E-state index in [0.717, 1.165) is 25.0 Å². The number of nitrogens with zero attached hydrogens (tertiary/aromatic N) is 2. The van der Waals surface area contributed by atoms with Crippen molar-refractivity contribution in [3.8, 4) is 0 Å². The minimum absolute atomic E-state index is 0.0163. The molecule has 3 aromatic rings. The van der Waals surface area contributed by atoms with Crippen LogP contribution < -0.4 is 5.56 Å². The van der Waals surface area contributed by atoms with Crippen LogP contribution in [0.15, 0.2) is 28.6 Å². The zero-order valence-corrected chi connectivity index (χ0v) is 11.9. The predicted molar refractivity (Wildman–Crippen MR) is 77.0 cm³/mol. The molecule has 0 atom stereocenters. The van der Waals surface area contributed by atoms with Gasteiger partial charge in [0.15, 0.2) is 0 Å². The highest BCUT2D eigenvalue weighted by Gasteiger charge is 2.09. The second-order valence-electron chi connectivity index (χ2n) is 3.98. The maximum absolute atomic E-state index is 12.3. The zero-order valence-electron chi connectivity index (χ0n) is 9.51. The number of thiophene rings is 2. The van der Waals surface area contributed by atoms with Crippen LogP contribution in [-0.2, 0) is 6.54 Å². The van der Waals surface area contributed by atoms with Crippen molar-refractivity contribution in [1.82, 2.24) is 9.55 Å². The molecule has 0 aliphatic heterocycles. The van der Waals surface area contributed by atoms with E-state index in [4.69, 9.17) is 11.6 Å². The van der Waals surface area contributed by atoms with Crippen LogP contribution in [0.4, 0.5) is 0 Å². The van der Waals surface area contributed by atoms with Gasteiger partial charge in [-0.15, -0.1) is 22.7 Å². The topological polar surface area (TPSA) is 34.9 Å². The second kappa shape index (κ2) is 4.50. The number of hydrogen-bond donors (Lipinski definition) is 0. The van der Waals surface area contributed by atoms with E-state index in [1.807, 2.05) is 24.4 Å². The van der Waals surface area contributed by atoms with Gasteiger partial charge in [0.2, 0.25) is 0 Å². The highest BCUT2D eigenvalue weighted by molar-refractivity contribution is 7.17. The second-order valence-corrected chi connectivity index (χ2v) is 6.66. The van der Waals surface area contributed by atoms with Gasteiger partial charge >= 0.3 is 0 Å². The first-order valence-electron chi connectivity index (χ1n) is 5.32. The summed E-state index contributed by atoms with van der Waals surface area (Å²) in [5, 5.41) is 1.96. The smallest absolute Gasteiger partial charge is 0.271 e. The Morgan fingerprint density at radius 2 is 2.28 bits per heavy atom. The number of aromatic nitrogens is 2. The molecule has 0 radical (unpaired) electrons. The van der Waals surface area contributed by atoms with Crippen molar-refractivity contribution >= 4 is 44.5 Å². The molecular weight excluding hydrogens is 288 g/mol. The van der Waals surface area contributed by atoms with Crippen molar-refractivity contribution in [2.45, 2.75) is 13.5 Å². The van der Waals surface area contributed by atoms with E-state index in [2.05, 4.69) is 4.98 Å². The van der Waals surface area contributed by atoms with Crippen LogP contribution in [0.5, 0.6) is 0 Å². The van der Waals surface area contributed by atoms with Crippen LogP contribution >= 0.6 is 34.3 Å². The summed E-state index contributed by atoms with van der Waals surface area (Å²) >= 11 is 8.82. The fourth-order valence-electron chi connectivity index (χ4n) is 1.78. The molecule has 0 fully saturated rings. The number of hydrogen-bond acceptors (Lipinski definition) is 4. The van der Waals surface area contributed by atoms with Gasteiger partial charge in [-0.05, 0) is 30.0 Å². The summed E-state index contributed by atoms with van der Waals surface area (Å²) in [6, 6.07) is 3.77. The van der Waals surface area contributed by atoms with Gasteiger partial charge in [0.05, 0.1) is 22.7 Å². The SMILES string of the molecule is Cc1csc2c(=O)n(Cc3ccc(Cl)s3)cnc12. The molecule has 3 aromatic heterocycles. The Morgan fingerprint density at radius 1 is 1.44 bits per heavy atom. The predicted octanol–water partition coefficient (Wildman–Crippen LogP) is 3.53. The van der Waals surface area contributed by atoms with Crippen molar-refractivity contribution in [1.29, 1.82) is 0 Å². The van der Waals surface area contributed by atoms with E-state index in [0.29, 0.717) is 6.54 Å². The van der Waals surface area contributed by atoms with Gasteiger partial charge in [0, 0.05) is 4.88 Å². The lowest BCUT2D eigenvalue weighted by atomic mass is 10.3. The molecule has 0 aliphatic rings. The largest absolute Gasteiger partial charge is 0.293 e. The van der Waals surface area contributed by atoms with E-state index in [1.54, 1.807) is 10.9 Å². The molecule has 0 saturated carbocycles. The third kappa shape index (κ3) is 1.98. The lowest BCUT2D eigenvalue weighted by Gasteiger charge is -2.02. The molecule has 18 heavy (non-hydrogen) atoms. The van der Waals surface area contributed by atoms with Crippen molar-refractivity contribution in [3.63, 3.8) is 0 Å².